The maximum atomic E-state index is 12.7. The Morgan fingerprint density at radius 3 is 2.37 bits per heavy atom. The van der Waals surface area contributed by atoms with Crippen molar-refractivity contribution in [2.24, 2.45) is 0 Å². The molecule has 2 N–H and O–H groups in total. The Morgan fingerprint density at radius 2 is 1.70 bits per heavy atom. The largest absolute Gasteiger partial charge is 0.463 e. The van der Waals surface area contributed by atoms with Crippen LogP contribution in [0.1, 0.15) is 29.7 Å². The summed E-state index contributed by atoms with van der Waals surface area (Å²) < 4.78 is 10.5. The van der Waals surface area contributed by atoms with Crippen molar-refractivity contribution in [3.63, 3.8) is 0 Å². The molecule has 156 valence electrons. The minimum absolute atomic E-state index is 0.0939. The fourth-order valence-corrected chi connectivity index (χ4v) is 3.15. The van der Waals surface area contributed by atoms with E-state index in [-0.39, 0.29) is 30.9 Å². The highest BCUT2D eigenvalue weighted by atomic mass is 16.5. The highest BCUT2D eigenvalue weighted by molar-refractivity contribution is 5.95. The van der Waals surface area contributed by atoms with Crippen molar-refractivity contribution in [3.8, 4) is 0 Å². The van der Waals surface area contributed by atoms with Gasteiger partial charge in [0, 0.05) is 0 Å². The van der Waals surface area contributed by atoms with Crippen molar-refractivity contribution >= 4 is 18.0 Å². The van der Waals surface area contributed by atoms with Gasteiger partial charge in [-0.3, -0.25) is 4.79 Å². The number of urea groups is 1. The van der Waals surface area contributed by atoms with E-state index in [0.29, 0.717) is 0 Å². The molecule has 0 aliphatic carbocycles. The van der Waals surface area contributed by atoms with Gasteiger partial charge in [0.05, 0.1) is 30.3 Å². The molecule has 1 atom stereocenters. The quantitative estimate of drug-likeness (QED) is 0.687. The number of amides is 2. The van der Waals surface area contributed by atoms with Crippen LogP contribution in [0.15, 0.2) is 65.9 Å². The molecule has 30 heavy (non-hydrogen) atoms. The minimum Gasteiger partial charge on any atom is -0.463 e. The summed E-state index contributed by atoms with van der Waals surface area (Å²) in [4.78, 5) is 37.1. The van der Waals surface area contributed by atoms with E-state index in [0.717, 1.165) is 16.7 Å². The highest BCUT2D eigenvalue weighted by Crippen LogP contribution is 2.27. The van der Waals surface area contributed by atoms with Crippen LogP contribution in [-0.4, -0.2) is 31.2 Å². The molecule has 3 rings (SSSR count). The Morgan fingerprint density at radius 1 is 1.00 bits per heavy atom. The fourth-order valence-electron chi connectivity index (χ4n) is 3.15. The van der Waals surface area contributed by atoms with E-state index in [1.807, 2.05) is 49.4 Å². The second-order valence-corrected chi connectivity index (χ2v) is 6.88. The van der Waals surface area contributed by atoms with Crippen molar-refractivity contribution in [2.75, 3.05) is 13.2 Å². The van der Waals surface area contributed by atoms with Gasteiger partial charge in [-0.05, 0) is 25.0 Å². The smallest absolute Gasteiger partial charge is 0.338 e. The van der Waals surface area contributed by atoms with E-state index in [1.54, 1.807) is 19.1 Å². The van der Waals surface area contributed by atoms with Crippen molar-refractivity contribution < 1.29 is 23.9 Å². The molecular formula is C23H24N2O5. The summed E-state index contributed by atoms with van der Waals surface area (Å²) in [5.74, 6) is -1.04. The molecule has 2 aromatic carbocycles. The van der Waals surface area contributed by atoms with Gasteiger partial charge in [0.15, 0.2) is 0 Å². The van der Waals surface area contributed by atoms with Crippen LogP contribution in [0.3, 0.4) is 0 Å². The number of hydrogen-bond acceptors (Lipinski definition) is 5. The third-order valence-electron chi connectivity index (χ3n) is 4.63. The van der Waals surface area contributed by atoms with Crippen LogP contribution >= 0.6 is 0 Å². The zero-order valence-electron chi connectivity index (χ0n) is 16.9. The fraction of sp³-hybridized carbons (Fsp3) is 0.261. The summed E-state index contributed by atoms with van der Waals surface area (Å²) in [7, 11) is 0. The number of carbonyl (C=O) groups is 3. The van der Waals surface area contributed by atoms with Gasteiger partial charge in [-0.1, -0.05) is 60.2 Å². The lowest BCUT2D eigenvalue weighted by atomic mass is 9.95. The molecule has 0 saturated heterocycles. The Kier molecular flexibility index (Phi) is 6.85. The van der Waals surface area contributed by atoms with Crippen molar-refractivity contribution in [1.29, 1.82) is 0 Å². The molecule has 0 spiro atoms. The van der Waals surface area contributed by atoms with Crippen LogP contribution in [0.4, 0.5) is 4.79 Å². The van der Waals surface area contributed by atoms with E-state index >= 15 is 0 Å². The van der Waals surface area contributed by atoms with Crippen molar-refractivity contribution in [2.45, 2.75) is 26.3 Å². The lowest BCUT2D eigenvalue weighted by molar-refractivity contribution is -0.143. The number of nitrogens with one attached hydrogen (secondary N) is 2. The van der Waals surface area contributed by atoms with Crippen molar-refractivity contribution in [3.05, 3.63) is 82.6 Å². The zero-order chi connectivity index (χ0) is 21.5. The summed E-state index contributed by atoms with van der Waals surface area (Å²) in [6.45, 7) is 3.61. The van der Waals surface area contributed by atoms with Crippen LogP contribution in [-0.2, 0) is 25.5 Å². The second kappa shape index (κ2) is 9.73. The lowest BCUT2D eigenvalue weighted by Crippen LogP contribution is -2.47. The molecule has 2 aromatic rings. The van der Waals surface area contributed by atoms with Gasteiger partial charge in [0.2, 0.25) is 0 Å². The van der Waals surface area contributed by atoms with Gasteiger partial charge < -0.3 is 20.1 Å². The van der Waals surface area contributed by atoms with Gasteiger partial charge in [0.1, 0.15) is 6.61 Å². The van der Waals surface area contributed by atoms with Crippen molar-refractivity contribution in [1.82, 2.24) is 10.6 Å². The average molecular weight is 408 g/mol. The molecule has 1 heterocycles. The Hall–Kier alpha value is -3.61. The molecule has 1 aliphatic rings. The molecule has 0 aromatic heterocycles. The minimum atomic E-state index is -0.704. The van der Waals surface area contributed by atoms with Gasteiger partial charge in [-0.25, -0.2) is 9.59 Å². The molecule has 7 nitrogen and oxygen atoms in total. The number of aryl methyl sites for hydroxylation is 1. The van der Waals surface area contributed by atoms with Gasteiger partial charge in [-0.15, -0.1) is 0 Å². The first-order valence-electron chi connectivity index (χ1n) is 9.71. The number of esters is 2. The maximum absolute atomic E-state index is 12.7. The maximum Gasteiger partial charge on any atom is 0.338 e. The number of ether oxygens (including phenoxy) is 2. The van der Waals surface area contributed by atoms with Gasteiger partial charge >= 0.3 is 18.0 Å². The number of benzene rings is 2. The standard InChI is InChI=1S/C23H24N2O5/c1-3-29-22(27)20-18(14-30-19(26)13-16-11-9-15(2)10-12-16)24-23(28)25-21(20)17-7-5-4-6-8-17/h4-12,21H,3,13-14H2,1-2H3,(H2,24,25,28). The Bertz CT molecular complexity index is 951. The van der Waals surface area contributed by atoms with Gasteiger partial charge in [-0.2, -0.15) is 0 Å². The molecule has 0 fully saturated rings. The van der Waals surface area contributed by atoms with Crippen LogP contribution in [0.2, 0.25) is 0 Å². The topological polar surface area (TPSA) is 93.7 Å². The summed E-state index contributed by atoms with van der Waals surface area (Å²) in [6, 6.07) is 15.4. The zero-order valence-corrected chi connectivity index (χ0v) is 16.9. The van der Waals surface area contributed by atoms with Gasteiger partial charge in [0.25, 0.3) is 0 Å². The molecule has 1 aliphatic heterocycles. The summed E-state index contributed by atoms with van der Waals surface area (Å²) >= 11 is 0. The first kappa shape index (κ1) is 21.1. The average Bonchev–Trinajstić information content (AvgIpc) is 2.74. The van der Waals surface area contributed by atoms with Crippen LogP contribution in [0.25, 0.3) is 0 Å². The summed E-state index contributed by atoms with van der Waals surface area (Å²) in [5.41, 5.74) is 3.07. The second-order valence-electron chi connectivity index (χ2n) is 6.88. The van der Waals surface area contributed by atoms with Crippen LogP contribution < -0.4 is 10.6 Å². The number of carbonyl (C=O) groups excluding carboxylic acids is 3. The first-order valence-corrected chi connectivity index (χ1v) is 9.71. The normalized spacial score (nSPS) is 15.8. The third-order valence-corrected chi connectivity index (χ3v) is 4.63. The third kappa shape index (κ3) is 5.26. The van der Waals surface area contributed by atoms with E-state index in [9.17, 15) is 14.4 Å². The Labute approximate surface area is 175 Å². The summed E-state index contributed by atoms with van der Waals surface area (Å²) in [6.07, 6.45) is 0.0939. The predicted molar refractivity (Wildman–Crippen MR) is 110 cm³/mol. The van der Waals surface area contributed by atoms with Crippen LogP contribution in [0.5, 0.6) is 0 Å². The van der Waals surface area contributed by atoms with E-state index in [1.165, 1.54) is 0 Å². The van der Waals surface area contributed by atoms with E-state index < -0.39 is 24.0 Å². The van der Waals surface area contributed by atoms with Crippen LogP contribution in [0, 0.1) is 6.92 Å². The molecular weight excluding hydrogens is 384 g/mol. The molecule has 0 saturated carbocycles. The highest BCUT2D eigenvalue weighted by Gasteiger charge is 2.34. The van der Waals surface area contributed by atoms with E-state index in [2.05, 4.69) is 10.6 Å². The first-order chi connectivity index (χ1) is 14.5. The summed E-state index contributed by atoms with van der Waals surface area (Å²) in [5, 5.41) is 5.32. The monoisotopic (exact) mass is 408 g/mol. The molecule has 0 bridgehead atoms. The lowest BCUT2D eigenvalue weighted by Gasteiger charge is -2.29. The Balaban J connectivity index is 1.81. The number of hydrogen-bond donors (Lipinski definition) is 2. The molecule has 2 amide bonds. The molecule has 7 heteroatoms. The molecule has 0 radical (unpaired) electrons. The molecule has 1 unspecified atom stereocenters. The number of rotatable bonds is 7. The SMILES string of the molecule is CCOC(=O)C1=C(COC(=O)Cc2ccc(C)cc2)NC(=O)NC1c1ccccc1. The van der Waals surface area contributed by atoms with E-state index in [4.69, 9.17) is 9.47 Å². The predicted octanol–water partition coefficient (Wildman–Crippen LogP) is 2.95.